The maximum absolute atomic E-state index is 13.3. The SMILES string of the molecule is CC(C)C(NC(=O)N(C)C)C(=O)N1CCC[C@H]1c1ncc(-c2ccc(I)cc2)[nH]1. The van der Waals surface area contributed by atoms with Crippen molar-refractivity contribution in [3.63, 3.8) is 0 Å². The van der Waals surface area contributed by atoms with Crippen LogP contribution in [0, 0.1) is 9.49 Å². The highest BCUT2D eigenvalue weighted by molar-refractivity contribution is 14.1. The van der Waals surface area contributed by atoms with Crippen molar-refractivity contribution in [2.24, 2.45) is 5.92 Å². The second kappa shape index (κ2) is 9.15. The lowest BCUT2D eigenvalue weighted by Crippen LogP contribution is -2.53. The zero-order chi connectivity index (χ0) is 21.1. The van der Waals surface area contributed by atoms with Crippen LogP contribution in [0.25, 0.3) is 11.3 Å². The number of rotatable bonds is 5. The molecule has 29 heavy (non-hydrogen) atoms. The first-order valence-electron chi connectivity index (χ1n) is 9.87. The normalized spacial score (nSPS) is 17.4. The highest BCUT2D eigenvalue weighted by atomic mass is 127. The summed E-state index contributed by atoms with van der Waals surface area (Å²) in [6.45, 7) is 4.57. The molecule has 2 atom stereocenters. The Hall–Kier alpha value is -2.10. The van der Waals surface area contributed by atoms with Gasteiger partial charge in [-0.1, -0.05) is 26.0 Å². The van der Waals surface area contributed by atoms with E-state index in [0.717, 1.165) is 29.9 Å². The van der Waals surface area contributed by atoms with Crippen LogP contribution in [-0.4, -0.2) is 58.4 Å². The number of hydrogen-bond donors (Lipinski definition) is 2. The maximum Gasteiger partial charge on any atom is 0.317 e. The van der Waals surface area contributed by atoms with E-state index in [1.807, 2.05) is 24.9 Å². The molecule has 1 aliphatic rings. The summed E-state index contributed by atoms with van der Waals surface area (Å²) in [6, 6.07) is 7.32. The zero-order valence-electron chi connectivity index (χ0n) is 17.3. The molecule has 0 saturated carbocycles. The van der Waals surface area contributed by atoms with E-state index in [2.05, 4.69) is 62.1 Å². The van der Waals surface area contributed by atoms with E-state index in [0.29, 0.717) is 6.54 Å². The Morgan fingerprint density at radius 2 is 1.97 bits per heavy atom. The number of likely N-dealkylation sites (tertiary alicyclic amines) is 1. The smallest absolute Gasteiger partial charge is 0.317 e. The maximum atomic E-state index is 13.3. The fourth-order valence-electron chi connectivity index (χ4n) is 3.55. The number of carbonyl (C=O) groups excluding carboxylic acids is 2. The molecule has 7 nitrogen and oxygen atoms in total. The molecule has 3 amide bonds. The Labute approximate surface area is 185 Å². The lowest BCUT2D eigenvalue weighted by Gasteiger charge is -2.31. The summed E-state index contributed by atoms with van der Waals surface area (Å²) in [5.41, 5.74) is 2.01. The highest BCUT2D eigenvalue weighted by Gasteiger charge is 2.37. The average Bonchev–Trinajstić information content (AvgIpc) is 3.34. The summed E-state index contributed by atoms with van der Waals surface area (Å²) >= 11 is 2.28. The van der Waals surface area contributed by atoms with E-state index in [9.17, 15) is 9.59 Å². The molecule has 0 radical (unpaired) electrons. The van der Waals surface area contributed by atoms with E-state index in [-0.39, 0.29) is 23.9 Å². The molecule has 0 aliphatic carbocycles. The van der Waals surface area contributed by atoms with Crippen LogP contribution in [0.3, 0.4) is 0 Å². The van der Waals surface area contributed by atoms with Gasteiger partial charge in [-0.2, -0.15) is 0 Å². The average molecular weight is 509 g/mol. The predicted octanol–water partition coefficient (Wildman–Crippen LogP) is 3.64. The fraction of sp³-hybridized carbons (Fsp3) is 0.476. The van der Waals surface area contributed by atoms with E-state index in [4.69, 9.17) is 0 Å². The van der Waals surface area contributed by atoms with Gasteiger partial charge in [0.2, 0.25) is 5.91 Å². The van der Waals surface area contributed by atoms with Crippen LogP contribution in [0.2, 0.25) is 0 Å². The number of amides is 3. The summed E-state index contributed by atoms with van der Waals surface area (Å²) in [6.07, 6.45) is 3.60. The Kier molecular flexibility index (Phi) is 6.81. The van der Waals surface area contributed by atoms with Crippen LogP contribution in [0.15, 0.2) is 30.5 Å². The number of H-pyrrole nitrogens is 1. The van der Waals surface area contributed by atoms with Crippen molar-refractivity contribution in [2.45, 2.75) is 38.8 Å². The number of halogens is 1. The Bertz CT molecular complexity index is 862. The molecule has 1 unspecified atom stereocenters. The minimum Gasteiger partial charge on any atom is -0.340 e. The van der Waals surface area contributed by atoms with Crippen molar-refractivity contribution in [1.82, 2.24) is 25.1 Å². The molecule has 0 spiro atoms. The van der Waals surface area contributed by atoms with Gasteiger partial charge in [-0.3, -0.25) is 4.79 Å². The molecule has 1 aromatic heterocycles. The molecular formula is C21H28IN5O2. The largest absolute Gasteiger partial charge is 0.340 e. The Morgan fingerprint density at radius 3 is 2.59 bits per heavy atom. The topological polar surface area (TPSA) is 81.3 Å². The molecule has 1 saturated heterocycles. The van der Waals surface area contributed by atoms with Gasteiger partial charge in [0.25, 0.3) is 0 Å². The second-order valence-electron chi connectivity index (χ2n) is 7.94. The zero-order valence-corrected chi connectivity index (χ0v) is 19.4. The summed E-state index contributed by atoms with van der Waals surface area (Å²) in [5, 5.41) is 2.87. The monoisotopic (exact) mass is 509 g/mol. The predicted molar refractivity (Wildman–Crippen MR) is 121 cm³/mol. The molecule has 2 aromatic rings. The fourth-order valence-corrected chi connectivity index (χ4v) is 3.91. The standard InChI is InChI=1S/C21H28IN5O2/c1-13(2)18(25-21(29)26(3)4)20(28)27-11-5-6-17(27)19-23-12-16(24-19)14-7-9-15(22)10-8-14/h7-10,12-13,17-18H,5-6,11H2,1-4H3,(H,23,24)(H,25,29)/t17-,18?/m0/s1. The summed E-state index contributed by atoms with van der Waals surface area (Å²) in [5.74, 6) is 0.738. The Morgan fingerprint density at radius 1 is 1.28 bits per heavy atom. The number of hydrogen-bond acceptors (Lipinski definition) is 3. The van der Waals surface area contributed by atoms with Crippen LogP contribution in [0.5, 0.6) is 0 Å². The van der Waals surface area contributed by atoms with Gasteiger partial charge in [0.1, 0.15) is 11.9 Å². The van der Waals surface area contributed by atoms with Crippen LogP contribution < -0.4 is 5.32 Å². The summed E-state index contributed by atoms with van der Waals surface area (Å²) in [4.78, 5) is 36.7. The lowest BCUT2D eigenvalue weighted by atomic mass is 10.0. The van der Waals surface area contributed by atoms with E-state index < -0.39 is 6.04 Å². The third-order valence-electron chi connectivity index (χ3n) is 5.22. The van der Waals surface area contributed by atoms with E-state index in [1.54, 1.807) is 14.1 Å². The number of urea groups is 1. The van der Waals surface area contributed by atoms with Crippen molar-refractivity contribution in [3.05, 3.63) is 39.9 Å². The van der Waals surface area contributed by atoms with E-state index >= 15 is 0 Å². The lowest BCUT2D eigenvalue weighted by molar-refractivity contribution is -0.135. The molecule has 156 valence electrons. The van der Waals surface area contributed by atoms with Gasteiger partial charge in [0.15, 0.2) is 0 Å². The number of nitrogens with zero attached hydrogens (tertiary/aromatic N) is 3. The third kappa shape index (κ3) is 4.91. The molecule has 2 heterocycles. The van der Waals surface area contributed by atoms with Gasteiger partial charge in [-0.05, 0) is 59.0 Å². The van der Waals surface area contributed by atoms with Crippen molar-refractivity contribution >= 4 is 34.5 Å². The first-order chi connectivity index (χ1) is 13.8. The minimum absolute atomic E-state index is 0.00777. The van der Waals surface area contributed by atoms with Gasteiger partial charge >= 0.3 is 6.03 Å². The third-order valence-corrected chi connectivity index (χ3v) is 5.94. The van der Waals surface area contributed by atoms with Crippen LogP contribution in [0.4, 0.5) is 4.79 Å². The van der Waals surface area contributed by atoms with Crippen LogP contribution in [0.1, 0.15) is 38.6 Å². The number of benzene rings is 1. The Balaban J connectivity index is 1.79. The number of aromatic nitrogens is 2. The summed E-state index contributed by atoms with van der Waals surface area (Å²) < 4.78 is 1.18. The molecular weight excluding hydrogens is 481 g/mol. The van der Waals surface area contributed by atoms with Crippen molar-refractivity contribution in [2.75, 3.05) is 20.6 Å². The van der Waals surface area contributed by atoms with Crippen LogP contribution >= 0.6 is 22.6 Å². The van der Waals surface area contributed by atoms with Gasteiger partial charge < -0.3 is 20.1 Å². The molecule has 1 fully saturated rings. The number of carbonyl (C=O) groups is 2. The number of aromatic amines is 1. The molecule has 8 heteroatoms. The highest BCUT2D eigenvalue weighted by Crippen LogP contribution is 2.32. The molecule has 3 rings (SSSR count). The molecule has 1 aromatic carbocycles. The number of imidazole rings is 1. The summed E-state index contributed by atoms with van der Waals surface area (Å²) in [7, 11) is 3.34. The number of nitrogens with one attached hydrogen (secondary N) is 2. The minimum atomic E-state index is -0.559. The van der Waals surface area contributed by atoms with Crippen LogP contribution in [-0.2, 0) is 4.79 Å². The molecule has 0 bridgehead atoms. The molecule has 1 aliphatic heterocycles. The van der Waals surface area contributed by atoms with Gasteiger partial charge in [-0.15, -0.1) is 0 Å². The first kappa shape index (κ1) is 21.6. The van der Waals surface area contributed by atoms with Gasteiger partial charge in [0, 0.05) is 24.2 Å². The van der Waals surface area contributed by atoms with Crippen molar-refractivity contribution < 1.29 is 9.59 Å². The van der Waals surface area contributed by atoms with E-state index in [1.165, 1.54) is 8.47 Å². The van der Waals surface area contributed by atoms with Gasteiger partial charge in [0.05, 0.1) is 17.9 Å². The van der Waals surface area contributed by atoms with Crippen molar-refractivity contribution in [3.8, 4) is 11.3 Å². The second-order valence-corrected chi connectivity index (χ2v) is 9.19. The quantitative estimate of drug-likeness (QED) is 0.605. The molecule has 2 N–H and O–H groups in total. The van der Waals surface area contributed by atoms with Crippen molar-refractivity contribution in [1.29, 1.82) is 0 Å². The van der Waals surface area contributed by atoms with Gasteiger partial charge in [-0.25, -0.2) is 9.78 Å². The first-order valence-corrected chi connectivity index (χ1v) is 10.9.